The van der Waals surface area contributed by atoms with E-state index in [1.165, 1.54) is 38.6 Å². The molecule has 0 unspecified atom stereocenters. The maximum absolute atomic E-state index is 11.4. The van der Waals surface area contributed by atoms with Crippen molar-refractivity contribution in [3.05, 3.63) is 35.4 Å². The Kier molecular flexibility index (Phi) is 4.59. The summed E-state index contributed by atoms with van der Waals surface area (Å²) in [5.41, 5.74) is 1.97. The van der Waals surface area contributed by atoms with Gasteiger partial charge in [-0.1, -0.05) is 12.1 Å². The molecule has 0 amide bonds. The van der Waals surface area contributed by atoms with Gasteiger partial charge in [0.15, 0.2) is 0 Å². The average Bonchev–Trinajstić information content (AvgIpc) is 2.46. The minimum Gasteiger partial charge on any atom is -0.465 e. The molecule has 0 atom stereocenters. The van der Waals surface area contributed by atoms with E-state index < -0.39 is 0 Å². The molecule has 1 aromatic rings. The number of ether oxygens (including phenoxy) is 1. The van der Waals surface area contributed by atoms with Gasteiger partial charge in [-0.25, -0.2) is 4.79 Å². The van der Waals surface area contributed by atoms with Crippen molar-refractivity contribution in [2.45, 2.75) is 38.6 Å². The monoisotopic (exact) mass is 261 g/mol. The van der Waals surface area contributed by atoms with E-state index in [9.17, 15) is 4.79 Å². The van der Waals surface area contributed by atoms with Crippen molar-refractivity contribution in [3.63, 3.8) is 0 Å². The predicted molar refractivity (Wildman–Crippen MR) is 76.5 cm³/mol. The highest BCUT2D eigenvalue weighted by molar-refractivity contribution is 5.89. The van der Waals surface area contributed by atoms with Crippen molar-refractivity contribution in [3.8, 4) is 0 Å². The molecule has 1 heterocycles. The van der Waals surface area contributed by atoms with E-state index in [-0.39, 0.29) is 5.97 Å². The Morgan fingerprint density at radius 2 is 1.79 bits per heavy atom. The lowest BCUT2D eigenvalue weighted by Crippen LogP contribution is -2.37. The Balaban J connectivity index is 1.98. The predicted octanol–water partition coefficient (Wildman–Crippen LogP) is 3.06. The molecule has 0 spiro atoms. The van der Waals surface area contributed by atoms with Gasteiger partial charge in [0.25, 0.3) is 0 Å². The average molecular weight is 261 g/mol. The third-order valence-electron chi connectivity index (χ3n) is 4.06. The van der Waals surface area contributed by atoms with E-state index >= 15 is 0 Å². The highest BCUT2D eigenvalue weighted by Gasteiger charge is 2.22. The van der Waals surface area contributed by atoms with Gasteiger partial charge in [0.2, 0.25) is 0 Å². The first-order valence-corrected chi connectivity index (χ1v) is 7.04. The quantitative estimate of drug-likeness (QED) is 0.783. The van der Waals surface area contributed by atoms with Crippen LogP contribution < -0.4 is 0 Å². The number of hydrogen-bond acceptors (Lipinski definition) is 3. The summed E-state index contributed by atoms with van der Waals surface area (Å²) in [4.78, 5) is 13.9. The van der Waals surface area contributed by atoms with E-state index in [0.29, 0.717) is 17.5 Å². The standard InChI is InChI=1S/C16H23NO2/c1-12(2)17-10-8-14(9-11-17)13-4-6-15(7-5-13)16(18)19-3/h4-7,12,14H,8-11H2,1-3H3. The number of rotatable bonds is 3. The van der Waals surface area contributed by atoms with E-state index in [0.717, 1.165) is 0 Å². The molecule has 1 aliphatic rings. The maximum Gasteiger partial charge on any atom is 0.337 e. The molecule has 3 nitrogen and oxygen atoms in total. The van der Waals surface area contributed by atoms with Crippen molar-refractivity contribution in [1.82, 2.24) is 4.90 Å². The van der Waals surface area contributed by atoms with E-state index in [1.807, 2.05) is 12.1 Å². The summed E-state index contributed by atoms with van der Waals surface area (Å²) in [6.07, 6.45) is 2.41. The number of nitrogens with zero attached hydrogens (tertiary/aromatic N) is 1. The topological polar surface area (TPSA) is 29.5 Å². The van der Waals surface area contributed by atoms with Crippen LogP contribution in [0.5, 0.6) is 0 Å². The number of benzene rings is 1. The molecule has 0 saturated carbocycles. The fourth-order valence-corrected chi connectivity index (χ4v) is 2.76. The minimum atomic E-state index is -0.263. The van der Waals surface area contributed by atoms with Gasteiger partial charge in [0, 0.05) is 6.04 Å². The van der Waals surface area contributed by atoms with Crippen LogP contribution in [-0.4, -0.2) is 37.1 Å². The van der Waals surface area contributed by atoms with Crippen LogP contribution >= 0.6 is 0 Å². The second kappa shape index (κ2) is 6.20. The fraction of sp³-hybridized carbons (Fsp3) is 0.562. The summed E-state index contributed by atoms with van der Waals surface area (Å²) in [7, 11) is 1.41. The van der Waals surface area contributed by atoms with Crippen molar-refractivity contribution in [2.24, 2.45) is 0 Å². The van der Waals surface area contributed by atoms with Gasteiger partial charge in [0.1, 0.15) is 0 Å². The molecule has 0 aromatic heterocycles. The Bertz CT molecular complexity index is 417. The molecular formula is C16H23NO2. The third-order valence-corrected chi connectivity index (χ3v) is 4.06. The van der Waals surface area contributed by atoms with Gasteiger partial charge in [0.05, 0.1) is 12.7 Å². The number of methoxy groups -OCH3 is 1. The summed E-state index contributed by atoms with van der Waals surface area (Å²) in [6, 6.07) is 8.53. The molecule has 1 aromatic carbocycles. The molecule has 19 heavy (non-hydrogen) atoms. The second-order valence-corrected chi connectivity index (χ2v) is 5.52. The summed E-state index contributed by atoms with van der Waals surface area (Å²) >= 11 is 0. The zero-order chi connectivity index (χ0) is 13.8. The molecule has 3 heteroatoms. The van der Waals surface area contributed by atoms with Crippen molar-refractivity contribution in [1.29, 1.82) is 0 Å². The van der Waals surface area contributed by atoms with Crippen molar-refractivity contribution >= 4 is 5.97 Å². The molecule has 0 aliphatic carbocycles. The second-order valence-electron chi connectivity index (χ2n) is 5.52. The third kappa shape index (κ3) is 3.35. The number of esters is 1. The van der Waals surface area contributed by atoms with Crippen LogP contribution in [0.2, 0.25) is 0 Å². The normalized spacial score (nSPS) is 17.7. The highest BCUT2D eigenvalue weighted by Crippen LogP contribution is 2.28. The van der Waals surface area contributed by atoms with Crippen LogP contribution in [0.1, 0.15) is 48.5 Å². The summed E-state index contributed by atoms with van der Waals surface area (Å²) in [5.74, 6) is 0.364. The number of likely N-dealkylation sites (tertiary alicyclic amines) is 1. The van der Waals surface area contributed by atoms with Gasteiger partial charge in [-0.3, -0.25) is 0 Å². The number of hydrogen-bond donors (Lipinski definition) is 0. The molecule has 1 saturated heterocycles. The van der Waals surface area contributed by atoms with Gasteiger partial charge < -0.3 is 9.64 Å². The lowest BCUT2D eigenvalue weighted by Gasteiger charge is -2.34. The smallest absolute Gasteiger partial charge is 0.337 e. The van der Waals surface area contributed by atoms with Crippen LogP contribution in [0.4, 0.5) is 0 Å². The van der Waals surface area contributed by atoms with Gasteiger partial charge >= 0.3 is 5.97 Å². The molecule has 0 N–H and O–H groups in total. The Labute approximate surface area is 115 Å². The lowest BCUT2D eigenvalue weighted by molar-refractivity contribution is 0.0600. The minimum absolute atomic E-state index is 0.263. The molecule has 2 rings (SSSR count). The van der Waals surface area contributed by atoms with E-state index in [2.05, 4.69) is 30.9 Å². The SMILES string of the molecule is COC(=O)c1ccc(C2CCN(C(C)C)CC2)cc1. The highest BCUT2D eigenvalue weighted by atomic mass is 16.5. The van der Waals surface area contributed by atoms with Crippen LogP contribution in [0.3, 0.4) is 0 Å². The van der Waals surface area contributed by atoms with Crippen LogP contribution in [-0.2, 0) is 4.74 Å². The Morgan fingerprint density at radius 1 is 1.21 bits per heavy atom. The van der Waals surface area contributed by atoms with Crippen molar-refractivity contribution in [2.75, 3.05) is 20.2 Å². The Morgan fingerprint density at radius 3 is 2.26 bits per heavy atom. The molecule has 1 fully saturated rings. The lowest BCUT2D eigenvalue weighted by atomic mass is 9.88. The first-order valence-electron chi connectivity index (χ1n) is 7.04. The summed E-state index contributed by atoms with van der Waals surface area (Å²) < 4.78 is 4.72. The van der Waals surface area contributed by atoms with Gasteiger partial charge in [-0.15, -0.1) is 0 Å². The summed E-state index contributed by atoms with van der Waals surface area (Å²) in [5, 5.41) is 0. The Hall–Kier alpha value is -1.35. The number of carbonyl (C=O) groups excluding carboxylic acids is 1. The molecular weight excluding hydrogens is 238 g/mol. The van der Waals surface area contributed by atoms with E-state index in [4.69, 9.17) is 4.74 Å². The molecule has 0 bridgehead atoms. The van der Waals surface area contributed by atoms with Gasteiger partial charge in [-0.05, 0) is 63.4 Å². The first-order chi connectivity index (χ1) is 9.11. The largest absolute Gasteiger partial charge is 0.465 e. The zero-order valence-corrected chi connectivity index (χ0v) is 12.1. The fourth-order valence-electron chi connectivity index (χ4n) is 2.76. The molecule has 0 radical (unpaired) electrons. The number of carbonyl (C=O) groups is 1. The number of piperidine rings is 1. The maximum atomic E-state index is 11.4. The molecule has 104 valence electrons. The van der Waals surface area contributed by atoms with E-state index in [1.54, 1.807) is 0 Å². The molecule has 1 aliphatic heterocycles. The first kappa shape index (κ1) is 14.1. The van der Waals surface area contributed by atoms with Crippen LogP contribution in [0, 0.1) is 0 Å². The summed E-state index contributed by atoms with van der Waals surface area (Å²) in [6.45, 7) is 6.85. The van der Waals surface area contributed by atoms with Crippen molar-refractivity contribution < 1.29 is 9.53 Å². The van der Waals surface area contributed by atoms with Gasteiger partial charge in [-0.2, -0.15) is 0 Å². The van der Waals surface area contributed by atoms with Crippen LogP contribution in [0.15, 0.2) is 24.3 Å². The van der Waals surface area contributed by atoms with Crippen LogP contribution in [0.25, 0.3) is 0 Å². The zero-order valence-electron chi connectivity index (χ0n) is 12.1.